The second-order valence-corrected chi connectivity index (χ2v) is 5.67. The van der Waals surface area contributed by atoms with Crippen molar-refractivity contribution >= 4 is 44.5 Å². The molecule has 0 spiro atoms. The lowest BCUT2D eigenvalue weighted by Gasteiger charge is -1.97. The first-order valence-electron chi connectivity index (χ1n) is 5.38. The number of hydrogen-bond acceptors (Lipinski definition) is 5. The average Bonchev–Trinajstić information content (AvgIpc) is 2.68. The van der Waals surface area contributed by atoms with E-state index in [0.29, 0.717) is 15.7 Å². The number of anilines is 1. The molecule has 1 aromatic heterocycles. The van der Waals surface area contributed by atoms with Gasteiger partial charge in [0, 0.05) is 4.47 Å². The fourth-order valence-corrected chi connectivity index (χ4v) is 2.57. The Morgan fingerprint density at radius 2 is 2.37 bits per heavy atom. The van der Waals surface area contributed by atoms with E-state index in [4.69, 9.17) is 5.73 Å². The third kappa shape index (κ3) is 3.62. The zero-order valence-electron chi connectivity index (χ0n) is 10.1. The minimum Gasteiger partial charge on any atom is -0.375 e. The third-order valence-electron chi connectivity index (χ3n) is 2.25. The van der Waals surface area contributed by atoms with Gasteiger partial charge in [-0.3, -0.25) is 4.79 Å². The highest BCUT2D eigenvalue weighted by Crippen LogP contribution is 2.19. The van der Waals surface area contributed by atoms with Crippen molar-refractivity contribution in [3.63, 3.8) is 0 Å². The number of hydrazone groups is 1. The number of nitrogens with zero attached hydrogens (tertiary/aromatic N) is 2. The fourth-order valence-electron chi connectivity index (χ4n) is 1.43. The molecule has 0 aliphatic rings. The maximum Gasteiger partial charge on any atom is 0.283 e. The number of benzene rings is 1. The van der Waals surface area contributed by atoms with Crippen LogP contribution in [0.2, 0.25) is 0 Å². The Morgan fingerprint density at radius 3 is 3.00 bits per heavy atom. The van der Waals surface area contributed by atoms with Crippen molar-refractivity contribution in [3.05, 3.63) is 44.9 Å². The van der Waals surface area contributed by atoms with Gasteiger partial charge in [0.25, 0.3) is 5.91 Å². The topological polar surface area (TPSA) is 80.4 Å². The zero-order chi connectivity index (χ0) is 13.8. The van der Waals surface area contributed by atoms with Crippen molar-refractivity contribution < 1.29 is 4.79 Å². The molecule has 0 fully saturated rings. The first kappa shape index (κ1) is 13.7. The van der Waals surface area contributed by atoms with E-state index in [9.17, 15) is 4.79 Å². The lowest BCUT2D eigenvalue weighted by atomic mass is 10.2. The molecule has 0 saturated heterocycles. The molecule has 1 amide bonds. The number of thiazole rings is 1. The standard InChI is InChI=1S/C12H11BrN4OS/c1-7-10(19-12(14)16-7)11(18)17-15-6-8-3-2-4-9(13)5-8/h2-6H,1H3,(H2,14,16)(H,17,18)/b15-6-. The summed E-state index contributed by atoms with van der Waals surface area (Å²) in [5.74, 6) is -0.307. The molecular formula is C12H11BrN4OS. The predicted molar refractivity (Wildman–Crippen MR) is 80.5 cm³/mol. The summed E-state index contributed by atoms with van der Waals surface area (Å²) in [4.78, 5) is 16.3. The second kappa shape index (κ2) is 5.94. The molecule has 0 atom stereocenters. The van der Waals surface area contributed by atoms with Crippen LogP contribution in [0.5, 0.6) is 0 Å². The Labute approximate surface area is 122 Å². The van der Waals surface area contributed by atoms with Gasteiger partial charge >= 0.3 is 0 Å². The minimum atomic E-state index is -0.307. The molecule has 0 unspecified atom stereocenters. The van der Waals surface area contributed by atoms with E-state index < -0.39 is 0 Å². The van der Waals surface area contributed by atoms with Crippen LogP contribution in [-0.4, -0.2) is 17.1 Å². The van der Waals surface area contributed by atoms with E-state index in [1.807, 2.05) is 24.3 Å². The second-order valence-electron chi connectivity index (χ2n) is 3.72. The van der Waals surface area contributed by atoms with Crippen molar-refractivity contribution in [2.75, 3.05) is 5.73 Å². The van der Waals surface area contributed by atoms with Crippen LogP contribution in [0, 0.1) is 6.92 Å². The van der Waals surface area contributed by atoms with Gasteiger partial charge in [-0.25, -0.2) is 10.4 Å². The summed E-state index contributed by atoms with van der Waals surface area (Å²) in [5.41, 5.74) is 9.48. The smallest absolute Gasteiger partial charge is 0.283 e. The molecule has 0 aliphatic carbocycles. The molecule has 1 heterocycles. The Kier molecular flexibility index (Phi) is 4.28. The maximum absolute atomic E-state index is 11.8. The van der Waals surface area contributed by atoms with Gasteiger partial charge in [-0.15, -0.1) is 0 Å². The number of rotatable bonds is 3. The molecule has 3 N–H and O–H groups in total. The minimum absolute atomic E-state index is 0.307. The van der Waals surface area contributed by atoms with E-state index in [1.54, 1.807) is 13.1 Å². The molecule has 19 heavy (non-hydrogen) atoms. The van der Waals surface area contributed by atoms with E-state index in [-0.39, 0.29) is 5.91 Å². The number of nitrogens with two attached hydrogens (primary N) is 1. The molecule has 0 aliphatic heterocycles. The molecule has 2 aromatic rings. The molecule has 7 heteroatoms. The quantitative estimate of drug-likeness (QED) is 0.666. The lowest BCUT2D eigenvalue weighted by molar-refractivity contribution is 0.0958. The number of amides is 1. The molecule has 0 radical (unpaired) electrons. The summed E-state index contributed by atoms with van der Waals surface area (Å²) in [6, 6.07) is 7.59. The van der Waals surface area contributed by atoms with E-state index in [2.05, 4.69) is 31.4 Å². The van der Waals surface area contributed by atoms with Gasteiger partial charge in [0.15, 0.2) is 5.13 Å². The third-order valence-corrected chi connectivity index (χ3v) is 3.73. The molecule has 5 nitrogen and oxygen atoms in total. The summed E-state index contributed by atoms with van der Waals surface area (Å²) in [7, 11) is 0. The molecule has 98 valence electrons. The maximum atomic E-state index is 11.8. The summed E-state index contributed by atoms with van der Waals surface area (Å²) in [5, 5.41) is 4.28. The van der Waals surface area contributed by atoms with Crippen LogP contribution >= 0.6 is 27.3 Å². The molecule has 0 saturated carbocycles. The van der Waals surface area contributed by atoms with Crippen molar-refractivity contribution in [2.45, 2.75) is 6.92 Å². The van der Waals surface area contributed by atoms with Crippen molar-refractivity contribution in [3.8, 4) is 0 Å². The number of carbonyl (C=O) groups excluding carboxylic acids is 1. The van der Waals surface area contributed by atoms with Gasteiger partial charge in [-0.05, 0) is 24.6 Å². The van der Waals surface area contributed by atoms with Crippen LogP contribution in [0.1, 0.15) is 20.9 Å². The van der Waals surface area contributed by atoms with E-state index >= 15 is 0 Å². The number of aryl methyl sites for hydroxylation is 1. The highest BCUT2D eigenvalue weighted by Gasteiger charge is 2.12. The average molecular weight is 339 g/mol. The lowest BCUT2D eigenvalue weighted by Crippen LogP contribution is -2.17. The SMILES string of the molecule is Cc1nc(N)sc1C(=O)N/N=C\c1cccc(Br)c1. The monoisotopic (exact) mass is 338 g/mol. The number of nitrogens with one attached hydrogen (secondary N) is 1. The summed E-state index contributed by atoms with van der Waals surface area (Å²) < 4.78 is 0.953. The summed E-state index contributed by atoms with van der Waals surface area (Å²) in [6.07, 6.45) is 1.57. The fraction of sp³-hybridized carbons (Fsp3) is 0.0833. The van der Waals surface area contributed by atoms with Gasteiger partial charge in [0.1, 0.15) is 4.88 Å². The predicted octanol–water partition coefficient (Wildman–Crippen LogP) is 2.56. The van der Waals surface area contributed by atoms with Gasteiger partial charge in [-0.1, -0.05) is 39.4 Å². The zero-order valence-corrected chi connectivity index (χ0v) is 12.5. The van der Waals surface area contributed by atoms with Gasteiger partial charge in [0.2, 0.25) is 0 Å². The van der Waals surface area contributed by atoms with Gasteiger partial charge in [-0.2, -0.15) is 5.10 Å². The molecule has 1 aromatic carbocycles. The van der Waals surface area contributed by atoms with Gasteiger partial charge in [0.05, 0.1) is 11.9 Å². The number of nitrogen functional groups attached to an aromatic ring is 1. The Balaban J connectivity index is 2.03. The van der Waals surface area contributed by atoms with Crippen LogP contribution in [0.4, 0.5) is 5.13 Å². The first-order chi connectivity index (χ1) is 9.06. The highest BCUT2D eigenvalue weighted by atomic mass is 79.9. The van der Waals surface area contributed by atoms with Crippen LogP contribution in [-0.2, 0) is 0 Å². The Morgan fingerprint density at radius 1 is 1.58 bits per heavy atom. The van der Waals surface area contributed by atoms with Crippen molar-refractivity contribution in [1.82, 2.24) is 10.4 Å². The van der Waals surface area contributed by atoms with E-state index in [0.717, 1.165) is 21.4 Å². The number of hydrogen-bond donors (Lipinski definition) is 2. The normalized spacial score (nSPS) is 10.8. The van der Waals surface area contributed by atoms with Crippen LogP contribution in [0.3, 0.4) is 0 Å². The van der Waals surface area contributed by atoms with Crippen LogP contribution in [0.15, 0.2) is 33.8 Å². The number of halogens is 1. The first-order valence-corrected chi connectivity index (χ1v) is 6.99. The van der Waals surface area contributed by atoms with Crippen molar-refractivity contribution in [2.24, 2.45) is 5.10 Å². The molecular weight excluding hydrogens is 328 g/mol. The number of aromatic nitrogens is 1. The largest absolute Gasteiger partial charge is 0.375 e. The van der Waals surface area contributed by atoms with Crippen LogP contribution in [0.25, 0.3) is 0 Å². The number of carbonyl (C=O) groups is 1. The summed E-state index contributed by atoms with van der Waals surface area (Å²) in [6.45, 7) is 1.74. The molecule has 0 bridgehead atoms. The van der Waals surface area contributed by atoms with Crippen molar-refractivity contribution in [1.29, 1.82) is 0 Å². The Bertz CT molecular complexity index is 638. The Hall–Kier alpha value is -1.73. The summed E-state index contributed by atoms with van der Waals surface area (Å²) >= 11 is 4.51. The highest BCUT2D eigenvalue weighted by molar-refractivity contribution is 9.10. The van der Waals surface area contributed by atoms with E-state index in [1.165, 1.54) is 0 Å². The molecule has 2 rings (SSSR count). The van der Waals surface area contributed by atoms with Crippen LogP contribution < -0.4 is 11.2 Å². The van der Waals surface area contributed by atoms with Gasteiger partial charge < -0.3 is 5.73 Å².